The fourth-order valence-corrected chi connectivity index (χ4v) is 5.66. The lowest BCUT2D eigenvalue weighted by Gasteiger charge is -2.46. The molecular formula is C19H32N2O2S. The van der Waals surface area contributed by atoms with Gasteiger partial charge >= 0.3 is 0 Å². The van der Waals surface area contributed by atoms with Crippen LogP contribution in [0.1, 0.15) is 66.9 Å². The van der Waals surface area contributed by atoms with E-state index >= 15 is 0 Å². The third kappa shape index (κ3) is 4.58. The van der Waals surface area contributed by atoms with Crippen LogP contribution in [0.3, 0.4) is 0 Å². The van der Waals surface area contributed by atoms with E-state index in [1.807, 2.05) is 32.9 Å². The topological polar surface area (TPSA) is 58.2 Å². The van der Waals surface area contributed by atoms with Gasteiger partial charge < -0.3 is 5.32 Å². The zero-order valence-corrected chi connectivity index (χ0v) is 16.8. The Bertz CT molecular complexity index is 684. The Labute approximate surface area is 147 Å². The van der Waals surface area contributed by atoms with Crippen LogP contribution in [0.4, 0.5) is 0 Å². The van der Waals surface area contributed by atoms with E-state index in [4.69, 9.17) is 0 Å². The van der Waals surface area contributed by atoms with Gasteiger partial charge in [0.05, 0.1) is 4.90 Å². The molecule has 1 heterocycles. The van der Waals surface area contributed by atoms with E-state index in [-0.39, 0.29) is 22.5 Å². The van der Waals surface area contributed by atoms with Gasteiger partial charge in [-0.3, -0.25) is 0 Å². The van der Waals surface area contributed by atoms with Crippen LogP contribution >= 0.6 is 0 Å². The number of rotatable bonds is 3. The molecule has 1 saturated heterocycles. The highest BCUT2D eigenvalue weighted by Crippen LogP contribution is 2.32. The van der Waals surface area contributed by atoms with Crippen molar-refractivity contribution in [2.75, 3.05) is 0 Å². The molecule has 136 valence electrons. The van der Waals surface area contributed by atoms with Crippen molar-refractivity contribution in [3.8, 4) is 0 Å². The Morgan fingerprint density at radius 2 is 1.54 bits per heavy atom. The summed E-state index contributed by atoms with van der Waals surface area (Å²) >= 11 is 0. The van der Waals surface area contributed by atoms with Crippen LogP contribution in [-0.4, -0.2) is 25.5 Å². The van der Waals surface area contributed by atoms with Crippen LogP contribution < -0.4 is 10.0 Å². The summed E-state index contributed by atoms with van der Waals surface area (Å²) in [5.74, 6) is 0. The summed E-state index contributed by atoms with van der Waals surface area (Å²) in [4.78, 5) is 0.395. The molecule has 0 aliphatic carbocycles. The van der Waals surface area contributed by atoms with E-state index in [2.05, 4.69) is 37.7 Å². The van der Waals surface area contributed by atoms with Gasteiger partial charge in [0.25, 0.3) is 0 Å². The molecule has 0 radical (unpaired) electrons. The second-order valence-electron chi connectivity index (χ2n) is 9.37. The number of nitrogens with one attached hydrogen (secondary N) is 2. The highest BCUT2D eigenvalue weighted by atomic mass is 32.2. The summed E-state index contributed by atoms with van der Waals surface area (Å²) in [6, 6.07) is 7.23. The van der Waals surface area contributed by atoms with Gasteiger partial charge in [-0.2, -0.15) is 0 Å². The Balaban J connectivity index is 2.33. The van der Waals surface area contributed by atoms with E-state index in [1.165, 1.54) is 0 Å². The first-order chi connectivity index (χ1) is 10.7. The van der Waals surface area contributed by atoms with E-state index in [0.29, 0.717) is 4.90 Å². The van der Waals surface area contributed by atoms with E-state index in [0.717, 1.165) is 18.4 Å². The van der Waals surface area contributed by atoms with Crippen LogP contribution in [0.15, 0.2) is 29.2 Å². The molecule has 0 amide bonds. The zero-order valence-electron chi connectivity index (χ0n) is 16.0. The van der Waals surface area contributed by atoms with Crippen LogP contribution in [0.25, 0.3) is 0 Å². The van der Waals surface area contributed by atoms with Crippen molar-refractivity contribution in [1.29, 1.82) is 0 Å². The minimum atomic E-state index is -3.55. The Morgan fingerprint density at radius 1 is 1.04 bits per heavy atom. The Morgan fingerprint density at radius 3 is 2.04 bits per heavy atom. The standard InChI is InChI=1S/C19H32N2O2S/c1-17(2,3)15-10-8-9-11-16(15)24(22,23)20-14-12-18(4,5)21-19(6,7)13-14/h8-11,14,20-21H,12-13H2,1-7H3. The second kappa shape index (κ2) is 6.11. The molecule has 24 heavy (non-hydrogen) atoms. The quantitative estimate of drug-likeness (QED) is 0.874. The highest BCUT2D eigenvalue weighted by molar-refractivity contribution is 7.89. The maximum Gasteiger partial charge on any atom is 0.241 e. The summed E-state index contributed by atoms with van der Waals surface area (Å²) in [5, 5.41) is 3.59. The summed E-state index contributed by atoms with van der Waals surface area (Å²) in [7, 11) is -3.55. The Kier molecular flexibility index (Phi) is 4.95. The molecule has 1 aliphatic heterocycles. The number of hydrogen-bond donors (Lipinski definition) is 2. The van der Waals surface area contributed by atoms with Crippen LogP contribution in [0, 0.1) is 0 Å². The molecule has 0 aromatic heterocycles. The zero-order chi connectivity index (χ0) is 18.4. The lowest BCUT2D eigenvalue weighted by molar-refractivity contribution is 0.157. The molecule has 2 N–H and O–H groups in total. The minimum absolute atomic E-state index is 0.0747. The monoisotopic (exact) mass is 352 g/mol. The fourth-order valence-electron chi connectivity index (χ4n) is 4.01. The van der Waals surface area contributed by atoms with Crippen LogP contribution in [0.5, 0.6) is 0 Å². The van der Waals surface area contributed by atoms with Crippen molar-refractivity contribution < 1.29 is 8.42 Å². The first-order valence-corrected chi connectivity index (χ1v) is 10.1. The van der Waals surface area contributed by atoms with Crippen LogP contribution in [-0.2, 0) is 15.4 Å². The van der Waals surface area contributed by atoms with Gasteiger partial charge in [0.1, 0.15) is 0 Å². The fraction of sp³-hybridized carbons (Fsp3) is 0.684. The summed E-state index contributed by atoms with van der Waals surface area (Å²) < 4.78 is 29.1. The van der Waals surface area contributed by atoms with Crippen molar-refractivity contribution in [3.05, 3.63) is 29.8 Å². The molecule has 0 atom stereocenters. The first kappa shape index (κ1) is 19.4. The molecule has 4 nitrogen and oxygen atoms in total. The molecule has 2 rings (SSSR count). The normalized spacial score (nSPS) is 21.6. The lowest BCUT2D eigenvalue weighted by atomic mass is 9.80. The second-order valence-corrected chi connectivity index (χ2v) is 11.0. The van der Waals surface area contributed by atoms with Crippen LogP contribution in [0.2, 0.25) is 0 Å². The average Bonchev–Trinajstić information content (AvgIpc) is 2.33. The molecule has 1 aromatic rings. The molecule has 5 heteroatoms. The third-order valence-electron chi connectivity index (χ3n) is 4.50. The number of hydrogen-bond acceptors (Lipinski definition) is 3. The number of piperidine rings is 1. The van der Waals surface area contributed by atoms with Crippen molar-refractivity contribution >= 4 is 10.0 Å². The van der Waals surface area contributed by atoms with Gasteiger partial charge in [0, 0.05) is 17.1 Å². The lowest BCUT2D eigenvalue weighted by Crippen LogP contribution is -2.62. The van der Waals surface area contributed by atoms with Gasteiger partial charge in [0.2, 0.25) is 10.0 Å². The summed E-state index contributed by atoms with van der Waals surface area (Å²) in [6.07, 6.45) is 1.54. The summed E-state index contributed by atoms with van der Waals surface area (Å²) in [5.41, 5.74) is 0.430. The average molecular weight is 353 g/mol. The molecule has 1 fully saturated rings. The Hall–Kier alpha value is -0.910. The van der Waals surface area contributed by atoms with E-state index < -0.39 is 10.0 Å². The molecule has 0 saturated carbocycles. The summed E-state index contributed by atoms with van der Waals surface area (Å²) in [6.45, 7) is 14.6. The van der Waals surface area contributed by atoms with E-state index in [1.54, 1.807) is 12.1 Å². The predicted octanol–water partition coefficient (Wildman–Crippen LogP) is 3.57. The molecular weight excluding hydrogens is 320 g/mol. The van der Waals surface area contributed by atoms with E-state index in [9.17, 15) is 8.42 Å². The van der Waals surface area contributed by atoms with Gasteiger partial charge in [-0.1, -0.05) is 39.0 Å². The maximum atomic E-state index is 13.1. The van der Waals surface area contributed by atoms with Crippen molar-refractivity contribution in [2.24, 2.45) is 0 Å². The molecule has 0 bridgehead atoms. The smallest absolute Gasteiger partial charge is 0.241 e. The molecule has 0 spiro atoms. The SMILES string of the molecule is CC1(C)CC(NS(=O)(=O)c2ccccc2C(C)(C)C)CC(C)(C)N1. The minimum Gasteiger partial charge on any atom is -0.307 e. The van der Waals surface area contributed by atoms with Gasteiger partial charge in [-0.25, -0.2) is 13.1 Å². The highest BCUT2D eigenvalue weighted by Gasteiger charge is 2.39. The predicted molar refractivity (Wildman–Crippen MR) is 99.8 cm³/mol. The molecule has 0 unspecified atom stereocenters. The third-order valence-corrected chi connectivity index (χ3v) is 6.08. The molecule has 1 aromatic carbocycles. The maximum absolute atomic E-state index is 13.1. The first-order valence-electron chi connectivity index (χ1n) is 8.63. The largest absolute Gasteiger partial charge is 0.307 e. The van der Waals surface area contributed by atoms with Crippen molar-refractivity contribution in [1.82, 2.24) is 10.0 Å². The van der Waals surface area contributed by atoms with Gasteiger partial charge in [0.15, 0.2) is 0 Å². The van der Waals surface area contributed by atoms with Gasteiger partial charge in [-0.15, -0.1) is 0 Å². The van der Waals surface area contributed by atoms with Gasteiger partial charge in [-0.05, 0) is 57.6 Å². The van der Waals surface area contributed by atoms with Crippen molar-refractivity contribution in [3.63, 3.8) is 0 Å². The molecule has 1 aliphatic rings. The van der Waals surface area contributed by atoms with Crippen molar-refractivity contribution in [2.45, 2.75) is 88.7 Å². The number of benzene rings is 1. The number of sulfonamides is 1.